The van der Waals surface area contributed by atoms with Crippen LogP contribution in [0.2, 0.25) is 5.02 Å². The molecular weight excluding hydrogens is 527 g/mol. The van der Waals surface area contributed by atoms with Crippen molar-refractivity contribution in [2.75, 3.05) is 39.8 Å². The average molecular weight is 563 g/mol. The highest BCUT2D eigenvalue weighted by Crippen LogP contribution is 2.36. The van der Waals surface area contributed by atoms with Crippen LogP contribution in [0.5, 0.6) is 0 Å². The molecule has 2 aliphatic heterocycles. The second kappa shape index (κ2) is 12.7. The third-order valence-electron chi connectivity index (χ3n) is 6.17. The topological polar surface area (TPSA) is 86.0 Å². The molecule has 1 aromatic carbocycles. The van der Waals surface area contributed by atoms with E-state index < -0.39 is 0 Å². The molecule has 2 saturated heterocycles. The monoisotopic (exact) mass is 562 g/mol. The number of aliphatic imine (C=N–C) groups is 1. The molecule has 2 heterocycles. The molecule has 0 bridgehead atoms. The SMILES string of the molecule is CCNC(=NCC1CCCN(C)C1c1cccc(Cl)c1)NC1CCN(C(N)=O)CC1.I. The Balaban J connectivity index is 0.00000341. The lowest BCUT2D eigenvalue weighted by Gasteiger charge is -2.39. The van der Waals surface area contributed by atoms with Gasteiger partial charge < -0.3 is 21.3 Å². The minimum atomic E-state index is -0.331. The van der Waals surface area contributed by atoms with Gasteiger partial charge in [-0.2, -0.15) is 0 Å². The van der Waals surface area contributed by atoms with Gasteiger partial charge in [-0.15, -0.1) is 24.0 Å². The number of guanidine groups is 1. The Morgan fingerprint density at radius 1 is 1.26 bits per heavy atom. The predicted octanol–water partition coefficient (Wildman–Crippen LogP) is 3.44. The summed E-state index contributed by atoms with van der Waals surface area (Å²) in [6.45, 7) is 6.13. The highest BCUT2D eigenvalue weighted by molar-refractivity contribution is 14.0. The van der Waals surface area contributed by atoms with Crippen molar-refractivity contribution in [2.45, 2.75) is 44.7 Å². The number of hydrogen-bond acceptors (Lipinski definition) is 3. The fourth-order valence-electron chi connectivity index (χ4n) is 4.63. The fraction of sp³-hybridized carbons (Fsp3) is 0.636. The number of nitrogens with zero attached hydrogens (tertiary/aromatic N) is 3. The third-order valence-corrected chi connectivity index (χ3v) is 6.41. The van der Waals surface area contributed by atoms with E-state index >= 15 is 0 Å². The molecule has 0 aliphatic carbocycles. The van der Waals surface area contributed by atoms with Gasteiger partial charge in [0.05, 0.1) is 0 Å². The summed E-state index contributed by atoms with van der Waals surface area (Å²) in [6.07, 6.45) is 4.10. The van der Waals surface area contributed by atoms with E-state index in [0.717, 1.165) is 49.9 Å². The molecule has 0 saturated carbocycles. The number of benzene rings is 1. The normalized spacial score (nSPS) is 23.2. The first-order chi connectivity index (χ1) is 14.5. The molecule has 174 valence electrons. The summed E-state index contributed by atoms with van der Waals surface area (Å²) < 4.78 is 0. The van der Waals surface area contributed by atoms with Crippen molar-refractivity contribution in [2.24, 2.45) is 16.6 Å². The molecule has 0 spiro atoms. The van der Waals surface area contributed by atoms with Crippen molar-refractivity contribution in [3.8, 4) is 0 Å². The maximum atomic E-state index is 11.3. The summed E-state index contributed by atoms with van der Waals surface area (Å²) in [5.74, 6) is 1.29. The third kappa shape index (κ3) is 7.39. The number of carbonyl (C=O) groups is 1. The van der Waals surface area contributed by atoms with Crippen LogP contribution in [-0.2, 0) is 0 Å². The Morgan fingerprint density at radius 2 is 2.00 bits per heavy atom. The summed E-state index contributed by atoms with van der Waals surface area (Å²) in [5, 5.41) is 7.72. The first-order valence-corrected chi connectivity index (χ1v) is 11.4. The number of hydrogen-bond donors (Lipinski definition) is 3. The van der Waals surface area contributed by atoms with Crippen molar-refractivity contribution < 1.29 is 4.79 Å². The van der Waals surface area contributed by atoms with Gasteiger partial charge >= 0.3 is 6.03 Å². The van der Waals surface area contributed by atoms with E-state index in [1.807, 2.05) is 12.1 Å². The number of nitrogens with one attached hydrogen (secondary N) is 2. The summed E-state index contributed by atoms with van der Waals surface area (Å²) in [6, 6.07) is 8.51. The molecule has 0 radical (unpaired) electrons. The van der Waals surface area contributed by atoms with Crippen LogP contribution in [0, 0.1) is 5.92 Å². The summed E-state index contributed by atoms with van der Waals surface area (Å²) in [5.41, 5.74) is 6.66. The molecule has 9 heteroatoms. The molecule has 2 aliphatic rings. The first kappa shape index (κ1) is 26.0. The van der Waals surface area contributed by atoms with Gasteiger partial charge in [0.15, 0.2) is 5.96 Å². The maximum Gasteiger partial charge on any atom is 0.314 e. The van der Waals surface area contributed by atoms with Crippen LogP contribution in [0.4, 0.5) is 4.79 Å². The first-order valence-electron chi connectivity index (χ1n) is 11.0. The quantitative estimate of drug-likeness (QED) is 0.292. The maximum absolute atomic E-state index is 11.3. The van der Waals surface area contributed by atoms with Crippen molar-refractivity contribution in [3.05, 3.63) is 34.9 Å². The van der Waals surface area contributed by atoms with Gasteiger partial charge in [-0.3, -0.25) is 9.89 Å². The van der Waals surface area contributed by atoms with E-state index in [9.17, 15) is 4.79 Å². The Labute approximate surface area is 208 Å². The van der Waals surface area contributed by atoms with Gasteiger partial charge in [-0.1, -0.05) is 23.7 Å². The number of halogens is 2. The standard InChI is InChI=1S/C22H35ClN6O.HI/c1-3-25-22(27-19-9-12-29(13-10-19)21(24)30)26-15-17-7-5-11-28(2)20(17)16-6-4-8-18(23)14-16;/h4,6,8,14,17,19-20H,3,5,7,9-13,15H2,1-2H3,(H2,24,30)(H2,25,26,27);1H. The zero-order valence-corrected chi connectivity index (χ0v) is 21.6. The van der Waals surface area contributed by atoms with Crippen LogP contribution >= 0.6 is 35.6 Å². The molecule has 0 aromatic heterocycles. The zero-order valence-electron chi connectivity index (χ0n) is 18.5. The largest absolute Gasteiger partial charge is 0.357 e. The van der Waals surface area contributed by atoms with E-state index in [2.05, 4.69) is 41.6 Å². The number of rotatable bonds is 5. The highest BCUT2D eigenvalue weighted by atomic mass is 127. The lowest BCUT2D eigenvalue weighted by molar-refractivity contribution is 0.125. The fourth-order valence-corrected chi connectivity index (χ4v) is 4.83. The molecule has 7 nitrogen and oxygen atoms in total. The van der Waals surface area contributed by atoms with Crippen LogP contribution in [0.15, 0.2) is 29.3 Å². The van der Waals surface area contributed by atoms with E-state index in [1.54, 1.807) is 4.90 Å². The Morgan fingerprint density at radius 3 is 2.65 bits per heavy atom. The van der Waals surface area contributed by atoms with Gasteiger partial charge in [0.1, 0.15) is 0 Å². The molecule has 2 atom stereocenters. The number of likely N-dealkylation sites (tertiary alicyclic amines) is 2. The van der Waals surface area contributed by atoms with Crippen molar-refractivity contribution in [1.82, 2.24) is 20.4 Å². The van der Waals surface area contributed by atoms with Crippen LogP contribution in [0.25, 0.3) is 0 Å². The van der Waals surface area contributed by atoms with Gasteiger partial charge in [0.25, 0.3) is 0 Å². The average Bonchev–Trinajstić information content (AvgIpc) is 2.72. The molecular formula is C22H36ClIN6O. The number of nitrogens with two attached hydrogens (primary N) is 1. The summed E-state index contributed by atoms with van der Waals surface area (Å²) >= 11 is 6.27. The predicted molar refractivity (Wildman–Crippen MR) is 138 cm³/mol. The lowest BCUT2D eigenvalue weighted by Crippen LogP contribution is -2.51. The lowest BCUT2D eigenvalue weighted by atomic mass is 9.85. The molecule has 2 unspecified atom stereocenters. The molecule has 3 rings (SSSR count). The van der Waals surface area contributed by atoms with E-state index in [4.69, 9.17) is 22.3 Å². The van der Waals surface area contributed by atoms with Gasteiger partial charge in [-0.05, 0) is 69.8 Å². The van der Waals surface area contributed by atoms with Crippen molar-refractivity contribution in [3.63, 3.8) is 0 Å². The Bertz CT molecular complexity index is 740. The van der Waals surface area contributed by atoms with Gasteiger partial charge in [0, 0.05) is 43.3 Å². The number of piperidine rings is 2. The van der Waals surface area contributed by atoms with Crippen molar-refractivity contribution in [1.29, 1.82) is 0 Å². The minimum absolute atomic E-state index is 0. The molecule has 4 N–H and O–H groups in total. The van der Waals surface area contributed by atoms with E-state index in [0.29, 0.717) is 31.1 Å². The smallest absolute Gasteiger partial charge is 0.314 e. The van der Waals surface area contributed by atoms with Gasteiger partial charge in [0.2, 0.25) is 0 Å². The number of amides is 2. The molecule has 31 heavy (non-hydrogen) atoms. The van der Waals surface area contributed by atoms with Crippen LogP contribution < -0.4 is 16.4 Å². The second-order valence-corrected chi connectivity index (χ2v) is 8.78. The Hall–Kier alpha value is -1.26. The van der Waals surface area contributed by atoms with E-state index in [1.165, 1.54) is 12.0 Å². The number of urea groups is 1. The van der Waals surface area contributed by atoms with Gasteiger partial charge in [-0.25, -0.2) is 4.79 Å². The van der Waals surface area contributed by atoms with Crippen molar-refractivity contribution >= 4 is 47.6 Å². The van der Waals surface area contributed by atoms with Crippen LogP contribution in [-0.4, -0.2) is 67.6 Å². The number of primary amides is 1. The van der Waals surface area contributed by atoms with Crippen LogP contribution in [0.3, 0.4) is 0 Å². The summed E-state index contributed by atoms with van der Waals surface area (Å²) in [7, 11) is 2.19. The van der Waals surface area contributed by atoms with E-state index in [-0.39, 0.29) is 30.0 Å². The summed E-state index contributed by atoms with van der Waals surface area (Å²) in [4.78, 5) is 20.4. The Kier molecular flexibility index (Phi) is 10.6. The zero-order chi connectivity index (χ0) is 21.5. The number of carbonyl (C=O) groups excluding carboxylic acids is 1. The molecule has 2 amide bonds. The highest BCUT2D eigenvalue weighted by Gasteiger charge is 2.30. The second-order valence-electron chi connectivity index (χ2n) is 8.35. The van der Waals surface area contributed by atoms with Crippen LogP contribution in [0.1, 0.15) is 44.2 Å². The molecule has 2 fully saturated rings. The minimum Gasteiger partial charge on any atom is -0.357 e. The molecule has 1 aromatic rings.